The summed E-state index contributed by atoms with van der Waals surface area (Å²) in [5.41, 5.74) is 0. The smallest absolute Gasteiger partial charge is 0.248 e. The molecule has 0 aliphatic heterocycles. The Morgan fingerprint density at radius 2 is 1.33 bits per heavy atom. The first-order valence-corrected chi connectivity index (χ1v) is 6.30. The van der Waals surface area contributed by atoms with Crippen LogP contribution in [0.1, 0.15) is 57.8 Å². The van der Waals surface area contributed by atoms with Crippen LogP contribution in [0.3, 0.4) is 0 Å². The third-order valence-electron chi connectivity index (χ3n) is 3.79. The molecule has 0 atom stereocenters. The SMILES string of the molecule is FC1(F)CCC(NC2CCCCC2)CC1. The van der Waals surface area contributed by atoms with Gasteiger partial charge in [0.15, 0.2) is 0 Å². The Kier molecular flexibility index (Phi) is 3.60. The molecule has 2 aliphatic rings. The number of halogens is 2. The summed E-state index contributed by atoms with van der Waals surface area (Å²) in [4.78, 5) is 0. The summed E-state index contributed by atoms with van der Waals surface area (Å²) in [6.45, 7) is 0. The van der Waals surface area contributed by atoms with Gasteiger partial charge in [-0.2, -0.15) is 0 Å². The van der Waals surface area contributed by atoms with Gasteiger partial charge in [-0.25, -0.2) is 8.78 Å². The molecule has 2 fully saturated rings. The first-order chi connectivity index (χ1) is 7.16. The highest BCUT2D eigenvalue weighted by molar-refractivity contribution is 4.84. The van der Waals surface area contributed by atoms with Crippen LogP contribution in [-0.2, 0) is 0 Å². The van der Waals surface area contributed by atoms with Crippen LogP contribution in [-0.4, -0.2) is 18.0 Å². The molecule has 2 saturated carbocycles. The molecule has 0 radical (unpaired) electrons. The Morgan fingerprint density at radius 1 is 0.800 bits per heavy atom. The third kappa shape index (κ3) is 3.40. The largest absolute Gasteiger partial charge is 0.311 e. The Labute approximate surface area is 90.6 Å². The first-order valence-electron chi connectivity index (χ1n) is 6.30. The zero-order valence-electron chi connectivity index (χ0n) is 9.27. The minimum absolute atomic E-state index is 0.0807. The van der Waals surface area contributed by atoms with E-state index in [2.05, 4.69) is 5.32 Å². The normalized spacial score (nSPS) is 29.2. The fourth-order valence-electron chi connectivity index (χ4n) is 2.81. The summed E-state index contributed by atoms with van der Waals surface area (Å²) < 4.78 is 25.9. The van der Waals surface area contributed by atoms with Gasteiger partial charge in [0.25, 0.3) is 0 Å². The second-order valence-electron chi connectivity index (χ2n) is 5.13. The second kappa shape index (κ2) is 4.77. The maximum atomic E-state index is 12.9. The fourth-order valence-corrected chi connectivity index (χ4v) is 2.81. The van der Waals surface area contributed by atoms with E-state index in [-0.39, 0.29) is 12.8 Å². The van der Waals surface area contributed by atoms with E-state index in [0.717, 1.165) is 0 Å². The first kappa shape index (κ1) is 11.3. The number of alkyl halides is 2. The number of rotatable bonds is 2. The molecule has 1 nitrogen and oxygen atoms in total. The highest BCUT2D eigenvalue weighted by Gasteiger charge is 2.35. The molecule has 0 amide bonds. The number of nitrogens with one attached hydrogen (secondary N) is 1. The van der Waals surface area contributed by atoms with Gasteiger partial charge in [0, 0.05) is 24.9 Å². The molecular weight excluding hydrogens is 196 g/mol. The average Bonchev–Trinajstić information content (AvgIpc) is 2.23. The van der Waals surface area contributed by atoms with Crippen LogP contribution in [0.15, 0.2) is 0 Å². The van der Waals surface area contributed by atoms with E-state index in [1.807, 2.05) is 0 Å². The molecule has 0 aromatic rings. The summed E-state index contributed by atoms with van der Waals surface area (Å²) in [5, 5.41) is 3.56. The van der Waals surface area contributed by atoms with Crippen molar-refractivity contribution in [1.82, 2.24) is 5.32 Å². The molecule has 0 unspecified atom stereocenters. The highest BCUT2D eigenvalue weighted by atomic mass is 19.3. The van der Waals surface area contributed by atoms with Gasteiger partial charge in [0.1, 0.15) is 0 Å². The molecule has 0 spiro atoms. The van der Waals surface area contributed by atoms with Crippen LogP contribution in [0, 0.1) is 0 Å². The topological polar surface area (TPSA) is 12.0 Å². The van der Waals surface area contributed by atoms with E-state index in [1.165, 1.54) is 32.1 Å². The lowest BCUT2D eigenvalue weighted by Gasteiger charge is -2.33. The van der Waals surface area contributed by atoms with Crippen molar-refractivity contribution >= 4 is 0 Å². The predicted molar refractivity (Wildman–Crippen MR) is 57.2 cm³/mol. The molecule has 1 N–H and O–H groups in total. The lowest BCUT2D eigenvalue weighted by Crippen LogP contribution is -2.43. The number of hydrogen-bond donors (Lipinski definition) is 1. The van der Waals surface area contributed by atoms with Crippen molar-refractivity contribution in [2.75, 3.05) is 0 Å². The lowest BCUT2D eigenvalue weighted by atomic mass is 9.89. The number of hydrogen-bond acceptors (Lipinski definition) is 1. The van der Waals surface area contributed by atoms with E-state index in [4.69, 9.17) is 0 Å². The minimum Gasteiger partial charge on any atom is -0.311 e. The molecular formula is C12H21F2N. The van der Waals surface area contributed by atoms with Crippen molar-refractivity contribution in [3.8, 4) is 0 Å². The average molecular weight is 217 g/mol. The van der Waals surface area contributed by atoms with E-state index in [1.54, 1.807) is 0 Å². The molecule has 3 heteroatoms. The van der Waals surface area contributed by atoms with E-state index in [0.29, 0.717) is 24.9 Å². The minimum atomic E-state index is -2.38. The van der Waals surface area contributed by atoms with Crippen LogP contribution >= 0.6 is 0 Å². The van der Waals surface area contributed by atoms with Gasteiger partial charge in [0.2, 0.25) is 5.92 Å². The summed E-state index contributed by atoms with van der Waals surface area (Å²) in [5.74, 6) is -2.38. The summed E-state index contributed by atoms with van der Waals surface area (Å²) >= 11 is 0. The molecule has 0 bridgehead atoms. The Balaban J connectivity index is 1.71. The molecule has 2 aliphatic carbocycles. The van der Waals surface area contributed by atoms with Gasteiger partial charge < -0.3 is 5.32 Å². The lowest BCUT2D eigenvalue weighted by molar-refractivity contribution is -0.0415. The van der Waals surface area contributed by atoms with E-state index >= 15 is 0 Å². The van der Waals surface area contributed by atoms with Crippen molar-refractivity contribution in [2.24, 2.45) is 0 Å². The Bertz CT molecular complexity index is 190. The monoisotopic (exact) mass is 217 g/mol. The fraction of sp³-hybridized carbons (Fsp3) is 1.00. The third-order valence-corrected chi connectivity index (χ3v) is 3.79. The van der Waals surface area contributed by atoms with Gasteiger partial charge in [-0.05, 0) is 25.7 Å². The zero-order chi connectivity index (χ0) is 10.7. The predicted octanol–water partition coefficient (Wildman–Crippen LogP) is 3.49. The molecule has 88 valence electrons. The van der Waals surface area contributed by atoms with E-state index in [9.17, 15) is 8.78 Å². The standard InChI is InChI=1S/C12H21F2N/c13-12(14)8-6-11(7-9-12)15-10-4-2-1-3-5-10/h10-11,15H,1-9H2. The summed E-state index contributed by atoms with van der Waals surface area (Å²) in [7, 11) is 0. The zero-order valence-corrected chi connectivity index (χ0v) is 9.27. The maximum Gasteiger partial charge on any atom is 0.248 e. The molecule has 2 rings (SSSR count). The van der Waals surface area contributed by atoms with E-state index < -0.39 is 5.92 Å². The van der Waals surface area contributed by atoms with Crippen molar-refractivity contribution < 1.29 is 8.78 Å². The molecule has 0 aromatic heterocycles. The Hall–Kier alpha value is -0.180. The van der Waals surface area contributed by atoms with Gasteiger partial charge >= 0.3 is 0 Å². The van der Waals surface area contributed by atoms with Gasteiger partial charge in [0.05, 0.1) is 0 Å². The van der Waals surface area contributed by atoms with Crippen LogP contribution in [0.4, 0.5) is 8.78 Å². The Morgan fingerprint density at radius 3 is 1.93 bits per heavy atom. The van der Waals surface area contributed by atoms with Crippen molar-refractivity contribution in [3.05, 3.63) is 0 Å². The van der Waals surface area contributed by atoms with Crippen LogP contribution in [0.5, 0.6) is 0 Å². The van der Waals surface area contributed by atoms with Gasteiger partial charge in [-0.3, -0.25) is 0 Å². The quantitative estimate of drug-likeness (QED) is 0.746. The van der Waals surface area contributed by atoms with Crippen LogP contribution in [0.2, 0.25) is 0 Å². The van der Waals surface area contributed by atoms with Gasteiger partial charge in [-0.15, -0.1) is 0 Å². The highest BCUT2D eigenvalue weighted by Crippen LogP contribution is 2.33. The van der Waals surface area contributed by atoms with Gasteiger partial charge in [-0.1, -0.05) is 19.3 Å². The second-order valence-corrected chi connectivity index (χ2v) is 5.13. The summed E-state index contributed by atoms with van der Waals surface area (Å²) in [6, 6.07) is 0.961. The maximum absolute atomic E-state index is 12.9. The molecule has 15 heavy (non-hydrogen) atoms. The van der Waals surface area contributed by atoms with Crippen molar-refractivity contribution in [3.63, 3.8) is 0 Å². The van der Waals surface area contributed by atoms with Crippen LogP contribution < -0.4 is 5.32 Å². The van der Waals surface area contributed by atoms with Crippen molar-refractivity contribution in [1.29, 1.82) is 0 Å². The summed E-state index contributed by atoms with van der Waals surface area (Å²) in [6.07, 6.45) is 7.92. The molecule has 0 aromatic carbocycles. The van der Waals surface area contributed by atoms with Crippen LogP contribution in [0.25, 0.3) is 0 Å². The molecule has 0 saturated heterocycles. The molecule has 0 heterocycles. The van der Waals surface area contributed by atoms with Crippen molar-refractivity contribution in [2.45, 2.75) is 75.8 Å².